The van der Waals surface area contributed by atoms with Crippen molar-refractivity contribution in [3.63, 3.8) is 0 Å². The van der Waals surface area contributed by atoms with E-state index in [2.05, 4.69) is 35.9 Å². The third-order valence-corrected chi connectivity index (χ3v) is 4.70. The molecule has 0 unspecified atom stereocenters. The number of imidazole rings is 1. The first-order valence-corrected chi connectivity index (χ1v) is 10.3. The molecule has 2 heterocycles. The summed E-state index contributed by atoms with van der Waals surface area (Å²) in [4.78, 5) is 16.4. The lowest BCUT2D eigenvalue weighted by Crippen LogP contribution is -2.18. The highest BCUT2D eigenvalue weighted by Crippen LogP contribution is 2.30. The van der Waals surface area contributed by atoms with Gasteiger partial charge in [-0.15, -0.1) is 0 Å². The first kappa shape index (κ1) is 20.3. The van der Waals surface area contributed by atoms with Crippen LogP contribution in [0.15, 0.2) is 59.3 Å². The van der Waals surface area contributed by atoms with Crippen LogP contribution >= 0.6 is 15.9 Å². The zero-order chi connectivity index (χ0) is 20.9. The minimum absolute atomic E-state index is 0.109. The molecule has 0 amide bonds. The molecule has 0 aliphatic heterocycles. The standard InChI is InChI=1S/C22H21BrN4O3/c1-14(12-28-2)30-18-9-16(20-26-21-22(27-20)25-19(23)11-24-21)8-17(10-18)29-13-15-6-4-3-5-7-15/h3-11,14H,12-13H2,1-2H3,(H,24,25,26,27)/t14-/m0/s1. The normalized spacial score (nSPS) is 12.1. The SMILES string of the molecule is COC[C@H](C)Oc1cc(OCc2ccccc2)cc(-c2nc3nc(Br)cnc3[nH]2)c1. The molecule has 0 aliphatic rings. The van der Waals surface area contributed by atoms with Crippen LogP contribution in [0.3, 0.4) is 0 Å². The van der Waals surface area contributed by atoms with Gasteiger partial charge in [0.05, 0.1) is 12.8 Å². The lowest BCUT2D eigenvalue weighted by atomic mass is 10.2. The second kappa shape index (κ2) is 9.23. The molecule has 8 heteroatoms. The van der Waals surface area contributed by atoms with E-state index in [9.17, 15) is 0 Å². The van der Waals surface area contributed by atoms with E-state index < -0.39 is 0 Å². The van der Waals surface area contributed by atoms with Crippen molar-refractivity contribution in [2.75, 3.05) is 13.7 Å². The molecule has 154 valence electrons. The van der Waals surface area contributed by atoms with Crippen molar-refractivity contribution in [3.8, 4) is 22.9 Å². The number of hydrogen-bond acceptors (Lipinski definition) is 6. The third-order valence-electron chi connectivity index (χ3n) is 4.32. The summed E-state index contributed by atoms with van der Waals surface area (Å²) in [5, 5.41) is 0. The fourth-order valence-corrected chi connectivity index (χ4v) is 3.28. The van der Waals surface area contributed by atoms with Crippen LogP contribution in [-0.2, 0) is 11.3 Å². The molecule has 0 saturated carbocycles. The van der Waals surface area contributed by atoms with Crippen LogP contribution in [0.5, 0.6) is 11.5 Å². The number of methoxy groups -OCH3 is 1. The van der Waals surface area contributed by atoms with Gasteiger partial charge in [-0.05, 0) is 40.5 Å². The summed E-state index contributed by atoms with van der Waals surface area (Å²) >= 11 is 3.33. The number of ether oxygens (including phenoxy) is 3. The van der Waals surface area contributed by atoms with Crippen LogP contribution in [0.1, 0.15) is 12.5 Å². The van der Waals surface area contributed by atoms with Crippen LogP contribution in [0.25, 0.3) is 22.7 Å². The summed E-state index contributed by atoms with van der Waals surface area (Å²) in [6, 6.07) is 15.7. The summed E-state index contributed by atoms with van der Waals surface area (Å²) in [6.45, 7) is 2.89. The quantitative estimate of drug-likeness (QED) is 0.400. The molecule has 0 bridgehead atoms. The fraction of sp³-hybridized carbons (Fsp3) is 0.227. The highest BCUT2D eigenvalue weighted by Gasteiger charge is 2.13. The number of halogens is 1. The first-order chi connectivity index (χ1) is 14.6. The topological polar surface area (TPSA) is 82.2 Å². The molecule has 0 spiro atoms. The Hall–Kier alpha value is -2.97. The van der Waals surface area contributed by atoms with Gasteiger partial charge in [0, 0.05) is 18.7 Å². The molecule has 0 aliphatic carbocycles. The Bertz CT molecular complexity index is 1130. The van der Waals surface area contributed by atoms with Gasteiger partial charge in [0.2, 0.25) is 0 Å². The maximum Gasteiger partial charge on any atom is 0.198 e. The average Bonchev–Trinajstić information content (AvgIpc) is 3.16. The molecular weight excluding hydrogens is 448 g/mol. The predicted octanol–water partition coefficient (Wildman–Crippen LogP) is 4.78. The van der Waals surface area contributed by atoms with Crippen LogP contribution in [0, 0.1) is 0 Å². The van der Waals surface area contributed by atoms with Crippen molar-refractivity contribution < 1.29 is 14.2 Å². The van der Waals surface area contributed by atoms with E-state index in [0.717, 1.165) is 11.1 Å². The largest absolute Gasteiger partial charge is 0.489 e. The molecule has 0 radical (unpaired) electrons. The second-order valence-electron chi connectivity index (χ2n) is 6.80. The third kappa shape index (κ3) is 4.95. The highest BCUT2D eigenvalue weighted by atomic mass is 79.9. The first-order valence-electron chi connectivity index (χ1n) is 9.47. The number of H-pyrrole nitrogens is 1. The second-order valence-corrected chi connectivity index (χ2v) is 7.61. The minimum Gasteiger partial charge on any atom is -0.489 e. The lowest BCUT2D eigenvalue weighted by molar-refractivity contribution is 0.0919. The molecule has 1 N–H and O–H groups in total. The van der Waals surface area contributed by atoms with Gasteiger partial charge in [0.1, 0.15) is 34.6 Å². The van der Waals surface area contributed by atoms with Gasteiger partial charge in [-0.2, -0.15) is 0 Å². The maximum absolute atomic E-state index is 6.04. The number of aromatic nitrogens is 4. The van der Waals surface area contributed by atoms with Gasteiger partial charge in [0.25, 0.3) is 0 Å². The van der Waals surface area contributed by atoms with Crippen molar-refractivity contribution in [2.45, 2.75) is 19.6 Å². The number of aromatic amines is 1. The summed E-state index contributed by atoms with van der Waals surface area (Å²) in [5.74, 6) is 1.98. The summed E-state index contributed by atoms with van der Waals surface area (Å²) in [5.41, 5.74) is 3.04. The minimum atomic E-state index is -0.109. The van der Waals surface area contributed by atoms with Crippen LogP contribution in [0.4, 0.5) is 0 Å². The Kier molecular flexibility index (Phi) is 6.25. The maximum atomic E-state index is 6.04. The number of nitrogens with one attached hydrogen (secondary N) is 1. The van der Waals surface area contributed by atoms with Gasteiger partial charge in [-0.1, -0.05) is 30.3 Å². The predicted molar refractivity (Wildman–Crippen MR) is 118 cm³/mol. The molecule has 0 fully saturated rings. The number of nitrogens with zero attached hydrogens (tertiary/aromatic N) is 3. The Labute approximate surface area is 182 Å². The van der Waals surface area contributed by atoms with Crippen LogP contribution in [-0.4, -0.2) is 39.8 Å². The zero-order valence-corrected chi connectivity index (χ0v) is 18.2. The van der Waals surface area contributed by atoms with Gasteiger partial charge in [-0.25, -0.2) is 15.0 Å². The molecule has 0 saturated heterocycles. The van der Waals surface area contributed by atoms with E-state index >= 15 is 0 Å². The average molecular weight is 469 g/mol. The Morgan fingerprint density at radius 2 is 1.87 bits per heavy atom. The summed E-state index contributed by atoms with van der Waals surface area (Å²) in [7, 11) is 1.65. The van der Waals surface area contributed by atoms with E-state index in [1.54, 1.807) is 13.3 Å². The van der Waals surface area contributed by atoms with Gasteiger partial charge in [-0.3, -0.25) is 0 Å². The zero-order valence-electron chi connectivity index (χ0n) is 16.6. The van der Waals surface area contributed by atoms with Crippen molar-refractivity contribution in [1.82, 2.24) is 19.9 Å². The molecule has 7 nitrogen and oxygen atoms in total. The molecule has 4 aromatic rings. The molecule has 2 aromatic carbocycles. The Morgan fingerprint density at radius 1 is 1.07 bits per heavy atom. The molecule has 30 heavy (non-hydrogen) atoms. The van der Waals surface area contributed by atoms with Gasteiger partial charge < -0.3 is 19.2 Å². The Balaban J connectivity index is 1.66. The molecule has 1 atom stereocenters. The monoisotopic (exact) mass is 468 g/mol. The summed E-state index contributed by atoms with van der Waals surface area (Å²) < 4.78 is 17.9. The van der Waals surface area contributed by atoms with Gasteiger partial charge >= 0.3 is 0 Å². The van der Waals surface area contributed by atoms with E-state index in [4.69, 9.17) is 14.2 Å². The number of rotatable bonds is 8. The molecular formula is C22H21BrN4O3. The Morgan fingerprint density at radius 3 is 2.67 bits per heavy atom. The molecule has 2 aromatic heterocycles. The summed E-state index contributed by atoms with van der Waals surface area (Å²) in [6.07, 6.45) is 1.52. The van der Waals surface area contributed by atoms with Crippen molar-refractivity contribution in [1.29, 1.82) is 0 Å². The van der Waals surface area contributed by atoms with E-state index in [1.807, 2.05) is 55.5 Å². The lowest BCUT2D eigenvalue weighted by Gasteiger charge is -2.16. The van der Waals surface area contributed by atoms with Crippen molar-refractivity contribution in [3.05, 3.63) is 64.9 Å². The van der Waals surface area contributed by atoms with Crippen LogP contribution in [0.2, 0.25) is 0 Å². The van der Waals surface area contributed by atoms with E-state index in [1.165, 1.54) is 0 Å². The van der Waals surface area contributed by atoms with E-state index in [0.29, 0.717) is 46.4 Å². The number of hydrogen-bond donors (Lipinski definition) is 1. The fourth-order valence-electron chi connectivity index (χ4n) is 3.01. The van der Waals surface area contributed by atoms with Gasteiger partial charge in [0.15, 0.2) is 11.3 Å². The molecule has 4 rings (SSSR count). The number of fused-ring (bicyclic) bond motifs is 1. The van der Waals surface area contributed by atoms with Crippen molar-refractivity contribution in [2.24, 2.45) is 0 Å². The van der Waals surface area contributed by atoms with E-state index in [-0.39, 0.29) is 6.10 Å². The smallest absolute Gasteiger partial charge is 0.198 e. The highest BCUT2D eigenvalue weighted by molar-refractivity contribution is 9.10. The number of benzene rings is 2. The van der Waals surface area contributed by atoms with Crippen LogP contribution < -0.4 is 9.47 Å². The van der Waals surface area contributed by atoms with Crippen molar-refractivity contribution >= 4 is 27.2 Å².